The molecule has 4 rings (SSSR count). The van der Waals surface area contributed by atoms with Gasteiger partial charge in [-0.2, -0.15) is 10.4 Å². The van der Waals surface area contributed by atoms with Crippen molar-refractivity contribution in [1.82, 2.24) is 14.9 Å². The van der Waals surface area contributed by atoms with Crippen molar-refractivity contribution in [2.24, 2.45) is 0 Å². The summed E-state index contributed by atoms with van der Waals surface area (Å²) in [5.74, 6) is 1.22. The predicted molar refractivity (Wildman–Crippen MR) is 159 cm³/mol. The number of aromatic nitrogens is 2. The van der Waals surface area contributed by atoms with Gasteiger partial charge in [-0.3, -0.25) is 0 Å². The summed E-state index contributed by atoms with van der Waals surface area (Å²) < 4.78 is 13.1. The van der Waals surface area contributed by atoms with Crippen LogP contribution in [-0.4, -0.2) is 47.0 Å². The number of amides is 1. The highest BCUT2D eigenvalue weighted by Crippen LogP contribution is 2.38. The van der Waals surface area contributed by atoms with Gasteiger partial charge in [0.1, 0.15) is 28.8 Å². The number of anilines is 3. The zero-order valence-electron chi connectivity index (χ0n) is 24.4. The molecule has 1 aliphatic carbocycles. The number of pyridine rings is 1. The number of nitrogens with zero attached hydrogens (tertiary/aromatic N) is 4. The van der Waals surface area contributed by atoms with Crippen LogP contribution < -0.4 is 20.3 Å². The van der Waals surface area contributed by atoms with Crippen LogP contribution >= 0.6 is 0 Å². The van der Waals surface area contributed by atoms with Crippen molar-refractivity contribution >= 4 is 28.8 Å². The number of nitrogens with one attached hydrogen (secondary N) is 2. The second-order valence-electron chi connectivity index (χ2n) is 11.3. The Bertz CT molecular complexity index is 1330. The van der Waals surface area contributed by atoms with E-state index >= 15 is 0 Å². The van der Waals surface area contributed by atoms with Gasteiger partial charge < -0.3 is 20.1 Å². The third-order valence-electron chi connectivity index (χ3n) is 7.06. The molecule has 0 atom stereocenters. The molecule has 2 N–H and O–H groups in total. The first kappa shape index (κ1) is 29.2. The maximum absolute atomic E-state index is 13.7. The molecular weight excluding hydrogens is 504 g/mol. The molecule has 1 aliphatic rings. The molecule has 0 spiro atoms. The summed E-state index contributed by atoms with van der Waals surface area (Å²) >= 11 is 0. The van der Waals surface area contributed by atoms with Gasteiger partial charge in [-0.15, -0.1) is 0 Å². The Morgan fingerprint density at radius 1 is 1.15 bits per heavy atom. The Hall–Kier alpha value is -3.77. The number of carbonyl (C=O) groups excluding carboxylic acids is 1. The summed E-state index contributed by atoms with van der Waals surface area (Å²) in [5.41, 5.74) is 2.43. The molecule has 0 radical (unpaired) electrons. The second kappa shape index (κ2) is 13.1. The molecule has 40 heavy (non-hydrogen) atoms. The SMILES string of the molecule is CCOc1ccc(N(C(=O)OC(C)(C)C)c2c(C)c(NCCCNC3CCCCC3)c(C#N)c3ccnn23)cc1. The molecule has 1 amide bonds. The van der Waals surface area contributed by atoms with Crippen LogP contribution in [0.25, 0.3) is 5.52 Å². The van der Waals surface area contributed by atoms with Crippen LogP contribution in [0.1, 0.15) is 77.3 Å². The van der Waals surface area contributed by atoms with Crippen molar-refractivity contribution in [2.75, 3.05) is 29.9 Å². The van der Waals surface area contributed by atoms with Gasteiger partial charge in [0.15, 0.2) is 0 Å². The molecule has 0 unspecified atom stereocenters. The van der Waals surface area contributed by atoms with Crippen molar-refractivity contribution in [3.8, 4) is 11.8 Å². The quantitative estimate of drug-likeness (QED) is 0.272. The molecular formula is C31H42N6O3. The van der Waals surface area contributed by atoms with Gasteiger partial charge in [-0.1, -0.05) is 19.3 Å². The van der Waals surface area contributed by atoms with Gasteiger partial charge >= 0.3 is 6.09 Å². The Morgan fingerprint density at radius 2 is 1.88 bits per heavy atom. The Labute approximate surface area is 237 Å². The Balaban J connectivity index is 1.69. The molecule has 1 fully saturated rings. The van der Waals surface area contributed by atoms with E-state index < -0.39 is 11.7 Å². The van der Waals surface area contributed by atoms with E-state index in [-0.39, 0.29) is 0 Å². The summed E-state index contributed by atoms with van der Waals surface area (Å²) in [5, 5.41) is 21.9. The predicted octanol–water partition coefficient (Wildman–Crippen LogP) is 6.71. The van der Waals surface area contributed by atoms with E-state index in [1.165, 1.54) is 37.0 Å². The lowest BCUT2D eigenvalue weighted by atomic mass is 9.95. The van der Waals surface area contributed by atoms with Crippen molar-refractivity contribution in [1.29, 1.82) is 5.26 Å². The van der Waals surface area contributed by atoms with Crippen LogP contribution in [0, 0.1) is 18.3 Å². The molecule has 2 heterocycles. The first-order valence-electron chi connectivity index (χ1n) is 14.4. The first-order valence-corrected chi connectivity index (χ1v) is 14.4. The Kier molecular flexibility index (Phi) is 9.54. The normalized spacial score (nSPS) is 14.1. The summed E-state index contributed by atoms with van der Waals surface area (Å²) in [4.78, 5) is 15.3. The fraction of sp³-hybridized carbons (Fsp3) is 0.516. The molecule has 0 aliphatic heterocycles. The maximum Gasteiger partial charge on any atom is 0.420 e. The number of fused-ring (bicyclic) bond motifs is 1. The number of hydrogen-bond acceptors (Lipinski definition) is 7. The van der Waals surface area contributed by atoms with Gasteiger partial charge in [-0.25, -0.2) is 14.2 Å². The molecule has 3 aromatic rings. The molecule has 0 saturated heterocycles. The van der Waals surface area contributed by atoms with Crippen LogP contribution in [0.5, 0.6) is 5.75 Å². The average Bonchev–Trinajstić information content (AvgIpc) is 3.40. The van der Waals surface area contributed by atoms with E-state index in [0.717, 1.165) is 18.5 Å². The van der Waals surface area contributed by atoms with Crippen LogP contribution in [0.15, 0.2) is 36.5 Å². The fourth-order valence-electron chi connectivity index (χ4n) is 5.24. The van der Waals surface area contributed by atoms with Gasteiger partial charge in [-0.05, 0) is 90.8 Å². The Morgan fingerprint density at radius 3 is 2.52 bits per heavy atom. The lowest BCUT2D eigenvalue weighted by molar-refractivity contribution is 0.0597. The summed E-state index contributed by atoms with van der Waals surface area (Å²) in [6, 6.07) is 12.1. The van der Waals surface area contributed by atoms with Gasteiger partial charge in [0.25, 0.3) is 0 Å². The van der Waals surface area contributed by atoms with Crippen LogP contribution in [-0.2, 0) is 4.74 Å². The van der Waals surface area contributed by atoms with Crippen molar-refractivity contribution in [3.63, 3.8) is 0 Å². The maximum atomic E-state index is 13.7. The monoisotopic (exact) mass is 546 g/mol. The molecule has 0 bridgehead atoms. The number of rotatable bonds is 10. The highest BCUT2D eigenvalue weighted by Gasteiger charge is 2.31. The molecule has 2 aromatic heterocycles. The van der Waals surface area contributed by atoms with Crippen molar-refractivity contribution in [3.05, 3.63) is 47.7 Å². The molecule has 1 saturated carbocycles. The number of ether oxygens (including phenoxy) is 2. The average molecular weight is 547 g/mol. The van der Waals surface area contributed by atoms with E-state index in [2.05, 4.69) is 21.8 Å². The van der Waals surface area contributed by atoms with E-state index in [1.54, 1.807) is 16.8 Å². The molecule has 214 valence electrons. The van der Waals surface area contributed by atoms with Crippen molar-refractivity contribution in [2.45, 2.75) is 84.8 Å². The summed E-state index contributed by atoms with van der Waals surface area (Å²) in [7, 11) is 0. The van der Waals surface area contributed by atoms with Crippen molar-refractivity contribution < 1.29 is 14.3 Å². The van der Waals surface area contributed by atoms with Crippen LogP contribution in [0.4, 0.5) is 22.0 Å². The third-order valence-corrected chi connectivity index (χ3v) is 7.06. The van der Waals surface area contributed by atoms with E-state index in [9.17, 15) is 10.1 Å². The minimum absolute atomic E-state index is 0.495. The molecule has 9 heteroatoms. The van der Waals surface area contributed by atoms with Gasteiger partial charge in [0, 0.05) is 18.2 Å². The number of hydrogen-bond donors (Lipinski definition) is 2. The number of carbonyl (C=O) groups is 1. The van der Waals surface area contributed by atoms with Gasteiger partial charge in [0.05, 0.1) is 29.7 Å². The fourth-order valence-corrected chi connectivity index (χ4v) is 5.24. The van der Waals surface area contributed by atoms with E-state index in [4.69, 9.17) is 9.47 Å². The summed E-state index contributed by atoms with van der Waals surface area (Å²) in [6.07, 6.45) is 8.46. The second-order valence-corrected chi connectivity index (χ2v) is 11.3. The highest BCUT2D eigenvalue weighted by molar-refractivity contribution is 5.98. The van der Waals surface area contributed by atoms with E-state index in [1.807, 2.05) is 58.9 Å². The van der Waals surface area contributed by atoms with E-state index in [0.29, 0.717) is 53.2 Å². The largest absolute Gasteiger partial charge is 0.494 e. The summed E-state index contributed by atoms with van der Waals surface area (Å²) in [6.45, 7) is 11.5. The zero-order valence-corrected chi connectivity index (χ0v) is 24.4. The lowest BCUT2D eigenvalue weighted by Crippen LogP contribution is -2.35. The molecule has 9 nitrogen and oxygen atoms in total. The highest BCUT2D eigenvalue weighted by atomic mass is 16.6. The molecule has 1 aromatic carbocycles. The van der Waals surface area contributed by atoms with Crippen LogP contribution in [0.3, 0.4) is 0 Å². The standard InChI is InChI=1S/C31H42N6O3/c1-6-39-25-15-13-24(14-16-25)36(30(38)40-31(3,4)5)29-22(2)28(26(21-32)27-17-20-35-37(27)29)34-19-10-18-33-23-11-8-7-9-12-23/h13-17,20,23,33-34H,6-12,18-19H2,1-5H3. The zero-order chi connectivity index (χ0) is 28.7. The number of nitriles is 1. The first-order chi connectivity index (χ1) is 19.2. The minimum atomic E-state index is -0.712. The topological polar surface area (TPSA) is 104 Å². The lowest BCUT2D eigenvalue weighted by Gasteiger charge is -2.30. The smallest absolute Gasteiger partial charge is 0.420 e. The van der Waals surface area contributed by atoms with Gasteiger partial charge in [0.2, 0.25) is 0 Å². The third kappa shape index (κ3) is 6.86. The number of benzene rings is 1. The van der Waals surface area contributed by atoms with Crippen LogP contribution in [0.2, 0.25) is 0 Å². The minimum Gasteiger partial charge on any atom is -0.494 e.